The molecule has 3 nitrogen and oxygen atoms in total. The second-order valence-corrected chi connectivity index (χ2v) is 4.27. The Morgan fingerprint density at radius 1 is 1.31 bits per heavy atom. The van der Waals surface area contributed by atoms with Crippen molar-refractivity contribution in [2.75, 3.05) is 6.54 Å². The van der Waals surface area contributed by atoms with E-state index in [9.17, 15) is 0 Å². The molecule has 0 spiro atoms. The molecule has 0 aliphatic carbocycles. The molecule has 0 fully saturated rings. The van der Waals surface area contributed by atoms with Crippen LogP contribution in [0, 0.1) is 0 Å². The standard InChI is InChI=1S/C13H22N2O/c1-5-8-14-11(4)12-6-7-13(15-9-12)16-10(2)3/h6-7,9-11,14H,5,8H2,1-4H3. The van der Waals surface area contributed by atoms with Gasteiger partial charge in [0.05, 0.1) is 6.10 Å². The van der Waals surface area contributed by atoms with Gasteiger partial charge in [0.2, 0.25) is 5.88 Å². The lowest BCUT2D eigenvalue weighted by molar-refractivity contribution is 0.232. The summed E-state index contributed by atoms with van der Waals surface area (Å²) in [4.78, 5) is 4.29. The molecule has 0 amide bonds. The number of nitrogens with one attached hydrogen (secondary N) is 1. The molecule has 90 valence electrons. The molecular weight excluding hydrogens is 200 g/mol. The van der Waals surface area contributed by atoms with Crippen molar-refractivity contribution in [1.29, 1.82) is 0 Å². The van der Waals surface area contributed by atoms with Gasteiger partial charge in [-0.3, -0.25) is 0 Å². The molecule has 1 aromatic rings. The molecule has 1 N–H and O–H groups in total. The van der Waals surface area contributed by atoms with Gasteiger partial charge in [-0.05, 0) is 39.3 Å². The van der Waals surface area contributed by atoms with Crippen LogP contribution < -0.4 is 10.1 Å². The van der Waals surface area contributed by atoms with Crippen LogP contribution in [0.1, 0.15) is 45.7 Å². The minimum Gasteiger partial charge on any atom is -0.475 e. The lowest BCUT2D eigenvalue weighted by atomic mass is 10.1. The zero-order chi connectivity index (χ0) is 12.0. The number of nitrogens with zero attached hydrogens (tertiary/aromatic N) is 1. The average molecular weight is 222 g/mol. The predicted octanol–water partition coefficient (Wildman–Crippen LogP) is 2.93. The maximum absolute atomic E-state index is 5.50. The topological polar surface area (TPSA) is 34.1 Å². The maximum atomic E-state index is 5.50. The van der Waals surface area contributed by atoms with Gasteiger partial charge in [-0.2, -0.15) is 0 Å². The molecule has 0 aliphatic heterocycles. The van der Waals surface area contributed by atoms with E-state index in [0.717, 1.165) is 13.0 Å². The lowest BCUT2D eigenvalue weighted by Gasteiger charge is -2.14. The van der Waals surface area contributed by atoms with E-state index in [1.807, 2.05) is 26.1 Å². The van der Waals surface area contributed by atoms with Gasteiger partial charge in [0.1, 0.15) is 0 Å². The SMILES string of the molecule is CCCNC(C)c1ccc(OC(C)C)nc1. The van der Waals surface area contributed by atoms with Crippen LogP contribution in [0.25, 0.3) is 0 Å². The quantitative estimate of drug-likeness (QED) is 0.803. The molecule has 16 heavy (non-hydrogen) atoms. The van der Waals surface area contributed by atoms with Crippen molar-refractivity contribution in [3.05, 3.63) is 23.9 Å². The first-order chi connectivity index (χ1) is 7.63. The molecule has 3 heteroatoms. The fraction of sp³-hybridized carbons (Fsp3) is 0.615. The van der Waals surface area contributed by atoms with E-state index in [0.29, 0.717) is 11.9 Å². The highest BCUT2D eigenvalue weighted by molar-refractivity contribution is 5.20. The second-order valence-electron chi connectivity index (χ2n) is 4.27. The van der Waals surface area contributed by atoms with Crippen LogP contribution >= 0.6 is 0 Å². The number of hydrogen-bond donors (Lipinski definition) is 1. The molecule has 1 aromatic heterocycles. The van der Waals surface area contributed by atoms with Crippen LogP contribution in [-0.2, 0) is 0 Å². The second kappa shape index (κ2) is 6.48. The van der Waals surface area contributed by atoms with Crippen LogP contribution in [0.15, 0.2) is 18.3 Å². The summed E-state index contributed by atoms with van der Waals surface area (Å²) in [6.45, 7) is 9.35. The third-order valence-electron chi connectivity index (χ3n) is 2.32. The Balaban J connectivity index is 2.56. The van der Waals surface area contributed by atoms with E-state index in [1.165, 1.54) is 5.56 Å². The summed E-state index contributed by atoms with van der Waals surface area (Å²) in [6.07, 6.45) is 3.20. The van der Waals surface area contributed by atoms with Gasteiger partial charge in [0.25, 0.3) is 0 Å². The maximum Gasteiger partial charge on any atom is 0.213 e. The highest BCUT2D eigenvalue weighted by atomic mass is 16.5. The normalized spacial score (nSPS) is 12.8. The first kappa shape index (κ1) is 13.0. The summed E-state index contributed by atoms with van der Waals surface area (Å²) < 4.78 is 5.50. The van der Waals surface area contributed by atoms with Crippen molar-refractivity contribution in [3.63, 3.8) is 0 Å². The van der Waals surface area contributed by atoms with Crippen LogP contribution in [0.3, 0.4) is 0 Å². The largest absolute Gasteiger partial charge is 0.475 e. The number of pyridine rings is 1. The molecule has 1 heterocycles. The summed E-state index contributed by atoms with van der Waals surface area (Å²) in [5.41, 5.74) is 1.20. The molecule has 0 aliphatic rings. The highest BCUT2D eigenvalue weighted by Gasteiger charge is 2.05. The predicted molar refractivity (Wildman–Crippen MR) is 66.7 cm³/mol. The molecule has 1 atom stereocenters. The molecule has 1 rings (SSSR count). The smallest absolute Gasteiger partial charge is 0.213 e. The Bertz CT molecular complexity index is 295. The van der Waals surface area contributed by atoms with E-state index < -0.39 is 0 Å². The zero-order valence-electron chi connectivity index (χ0n) is 10.7. The molecule has 0 aromatic carbocycles. The Morgan fingerprint density at radius 2 is 2.06 bits per heavy atom. The number of aromatic nitrogens is 1. The summed E-state index contributed by atoms with van der Waals surface area (Å²) in [5, 5.41) is 3.43. The van der Waals surface area contributed by atoms with Gasteiger partial charge >= 0.3 is 0 Å². The summed E-state index contributed by atoms with van der Waals surface area (Å²) >= 11 is 0. The Hall–Kier alpha value is -1.09. The van der Waals surface area contributed by atoms with E-state index in [-0.39, 0.29) is 6.10 Å². The highest BCUT2D eigenvalue weighted by Crippen LogP contribution is 2.15. The van der Waals surface area contributed by atoms with Gasteiger partial charge in [0, 0.05) is 18.3 Å². The molecular formula is C13H22N2O. The van der Waals surface area contributed by atoms with Crippen LogP contribution in [0.5, 0.6) is 5.88 Å². The fourth-order valence-electron chi connectivity index (χ4n) is 1.44. The van der Waals surface area contributed by atoms with Crippen molar-refractivity contribution in [2.45, 2.75) is 46.3 Å². The third-order valence-corrected chi connectivity index (χ3v) is 2.32. The number of rotatable bonds is 6. The lowest BCUT2D eigenvalue weighted by Crippen LogP contribution is -2.19. The molecule has 0 saturated carbocycles. The van der Waals surface area contributed by atoms with E-state index >= 15 is 0 Å². The van der Waals surface area contributed by atoms with Crippen molar-refractivity contribution < 1.29 is 4.74 Å². The zero-order valence-corrected chi connectivity index (χ0v) is 10.7. The fourth-order valence-corrected chi connectivity index (χ4v) is 1.44. The van der Waals surface area contributed by atoms with E-state index in [2.05, 4.69) is 30.2 Å². The van der Waals surface area contributed by atoms with Crippen LogP contribution in [-0.4, -0.2) is 17.6 Å². The first-order valence-corrected chi connectivity index (χ1v) is 5.99. The van der Waals surface area contributed by atoms with Gasteiger partial charge < -0.3 is 10.1 Å². The van der Waals surface area contributed by atoms with E-state index in [1.54, 1.807) is 0 Å². The molecule has 0 bridgehead atoms. The third kappa shape index (κ3) is 4.19. The van der Waals surface area contributed by atoms with Crippen molar-refractivity contribution in [3.8, 4) is 5.88 Å². The van der Waals surface area contributed by atoms with Crippen LogP contribution in [0.4, 0.5) is 0 Å². The van der Waals surface area contributed by atoms with Crippen molar-refractivity contribution >= 4 is 0 Å². The Morgan fingerprint density at radius 3 is 2.56 bits per heavy atom. The van der Waals surface area contributed by atoms with Crippen molar-refractivity contribution in [1.82, 2.24) is 10.3 Å². The Kier molecular flexibility index (Phi) is 5.26. The number of ether oxygens (including phenoxy) is 1. The first-order valence-electron chi connectivity index (χ1n) is 5.99. The monoisotopic (exact) mass is 222 g/mol. The average Bonchev–Trinajstić information content (AvgIpc) is 2.26. The number of hydrogen-bond acceptors (Lipinski definition) is 3. The minimum atomic E-state index is 0.175. The summed E-state index contributed by atoms with van der Waals surface area (Å²) in [6, 6.07) is 4.35. The minimum absolute atomic E-state index is 0.175. The van der Waals surface area contributed by atoms with Gasteiger partial charge in [0.15, 0.2) is 0 Å². The van der Waals surface area contributed by atoms with Gasteiger partial charge in [-0.25, -0.2) is 4.98 Å². The summed E-state index contributed by atoms with van der Waals surface area (Å²) in [5.74, 6) is 0.696. The molecule has 1 unspecified atom stereocenters. The Labute approximate surface area is 98.2 Å². The van der Waals surface area contributed by atoms with Crippen molar-refractivity contribution in [2.24, 2.45) is 0 Å². The molecule has 0 radical (unpaired) electrons. The van der Waals surface area contributed by atoms with Gasteiger partial charge in [-0.15, -0.1) is 0 Å². The van der Waals surface area contributed by atoms with Crippen LogP contribution in [0.2, 0.25) is 0 Å². The van der Waals surface area contributed by atoms with E-state index in [4.69, 9.17) is 4.74 Å². The van der Waals surface area contributed by atoms with Gasteiger partial charge in [-0.1, -0.05) is 13.0 Å². The summed E-state index contributed by atoms with van der Waals surface area (Å²) in [7, 11) is 0. The molecule has 0 saturated heterocycles.